The van der Waals surface area contributed by atoms with Crippen molar-refractivity contribution in [2.45, 2.75) is 0 Å². The van der Waals surface area contributed by atoms with Gasteiger partial charge in [0, 0.05) is 6.20 Å². The second kappa shape index (κ2) is 1.69. The maximum absolute atomic E-state index is 6.98. The zero-order valence-corrected chi connectivity index (χ0v) is 4.26. The van der Waals surface area contributed by atoms with Crippen molar-refractivity contribution in [2.75, 3.05) is 5.73 Å². The van der Waals surface area contributed by atoms with E-state index in [1.54, 1.807) is 18.3 Å². The lowest BCUT2D eigenvalue weighted by atomic mass is 10.4. The number of nitrogens with zero attached hydrogens (tertiary/aromatic N) is 1. The Bertz CT molecular complexity index is 164. The van der Waals surface area contributed by atoms with E-state index in [0.29, 0.717) is 5.69 Å². The van der Waals surface area contributed by atoms with E-state index in [-0.39, 0.29) is 5.82 Å². The first-order chi connectivity index (χ1) is 3.80. The molecule has 0 aliphatic heterocycles. The van der Waals surface area contributed by atoms with Crippen molar-refractivity contribution in [3.8, 4) is 0 Å². The highest BCUT2D eigenvalue weighted by atomic mass is 14.9. The number of anilines is 1. The first-order valence-corrected chi connectivity index (χ1v) is 2.23. The van der Waals surface area contributed by atoms with Crippen LogP contribution in [0.5, 0.6) is 0 Å². The lowest BCUT2D eigenvalue weighted by Crippen LogP contribution is -1.87. The van der Waals surface area contributed by atoms with E-state index in [9.17, 15) is 0 Å². The summed E-state index contributed by atoms with van der Waals surface area (Å²) in [6.45, 7) is 0. The Balaban J connectivity index is 3.13. The summed E-state index contributed by atoms with van der Waals surface area (Å²) in [5.41, 5.74) is 12.7. The summed E-state index contributed by atoms with van der Waals surface area (Å²) in [6.07, 6.45) is 1.54. The normalized spacial score (nSPS) is 9.00. The number of pyridine rings is 1. The molecule has 8 heavy (non-hydrogen) atoms. The third kappa shape index (κ3) is 0.703. The molecule has 0 saturated heterocycles. The van der Waals surface area contributed by atoms with E-state index in [4.69, 9.17) is 11.5 Å². The van der Waals surface area contributed by atoms with Crippen molar-refractivity contribution in [3.05, 3.63) is 18.3 Å². The number of rotatable bonds is 0. The van der Waals surface area contributed by atoms with Crippen molar-refractivity contribution in [1.29, 1.82) is 0 Å². The van der Waals surface area contributed by atoms with Crippen LogP contribution in [0.1, 0.15) is 0 Å². The van der Waals surface area contributed by atoms with Gasteiger partial charge in [0.2, 0.25) is 0 Å². The zero-order chi connectivity index (χ0) is 5.98. The molecule has 0 bridgehead atoms. The minimum absolute atomic E-state index is 0.146. The Morgan fingerprint density at radius 3 is 2.75 bits per heavy atom. The highest BCUT2D eigenvalue weighted by molar-refractivity contribution is 5.54. The Labute approximate surface area is 47.3 Å². The maximum atomic E-state index is 6.98. The molecule has 1 rings (SSSR count). The lowest BCUT2D eigenvalue weighted by Gasteiger charge is -1.91. The van der Waals surface area contributed by atoms with Crippen LogP contribution in [0.2, 0.25) is 0 Å². The minimum Gasteiger partial charge on any atom is -0.396 e. The molecular formula is C5H6N3. The molecule has 0 aromatic carbocycles. The summed E-state index contributed by atoms with van der Waals surface area (Å²) in [5.74, 6) is 0.146. The predicted octanol–water partition coefficient (Wildman–Crippen LogP) is 0.578. The average Bonchev–Trinajstić information content (AvgIpc) is 1.77. The lowest BCUT2D eigenvalue weighted by molar-refractivity contribution is 1.26. The van der Waals surface area contributed by atoms with Gasteiger partial charge < -0.3 is 5.73 Å². The van der Waals surface area contributed by atoms with E-state index in [2.05, 4.69) is 4.98 Å². The molecule has 0 aliphatic carbocycles. The number of hydrogen-bond donors (Lipinski definition) is 1. The molecule has 1 radical (unpaired) electrons. The molecule has 41 valence electrons. The van der Waals surface area contributed by atoms with Crippen molar-refractivity contribution in [2.24, 2.45) is 0 Å². The van der Waals surface area contributed by atoms with Crippen LogP contribution in [0.4, 0.5) is 11.5 Å². The molecule has 0 amide bonds. The van der Waals surface area contributed by atoms with Gasteiger partial charge in [0.1, 0.15) is 0 Å². The average molecular weight is 108 g/mol. The molecule has 0 saturated carbocycles. The van der Waals surface area contributed by atoms with Crippen LogP contribution >= 0.6 is 0 Å². The maximum Gasteiger partial charge on any atom is 0.167 e. The standard InChI is InChI=1S/C5H6N3/c6-4-2-1-3-8-5(4)7/h1-3,7H,6H2. The monoisotopic (exact) mass is 108 g/mol. The van der Waals surface area contributed by atoms with Gasteiger partial charge in [-0.1, -0.05) is 0 Å². The van der Waals surface area contributed by atoms with Gasteiger partial charge in [0.15, 0.2) is 5.82 Å². The Hall–Kier alpha value is -1.25. The van der Waals surface area contributed by atoms with Gasteiger partial charge >= 0.3 is 0 Å². The largest absolute Gasteiger partial charge is 0.396 e. The van der Waals surface area contributed by atoms with Crippen LogP contribution in [-0.2, 0) is 0 Å². The van der Waals surface area contributed by atoms with Crippen LogP contribution in [0.15, 0.2) is 18.3 Å². The van der Waals surface area contributed by atoms with E-state index in [0.717, 1.165) is 0 Å². The second-order valence-corrected chi connectivity index (χ2v) is 1.44. The van der Waals surface area contributed by atoms with Crippen molar-refractivity contribution < 1.29 is 0 Å². The molecule has 1 aromatic heterocycles. The van der Waals surface area contributed by atoms with E-state index < -0.39 is 0 Å². The van der Waals surface area contributed by atoms with Gasteiger partial charge in [-0.2, -0.15) is 0 Å². The zero-order valence-electron chi connectivity index (χ0n) is 4.26. The first kappa shape index (κ1) is 4.90. The molecule has 3 nitrogen and oxygen atoms in total. The Morgan fingerprint density at radius 2 is 2.38 bits per heavy atom. The topological polar surface area (TPSA) is 62.7 Å². The highest BCUT2D eigenvalue weighted by Crippen LogP contribution is 2.08. The van der Waals surface area contributed by atoms with Crippen molar-refractivity contribution >= 4 is 11.5 Å². The third-order valence-electron chi connectivity index (χ3n) is 0.839. The molecule has 3 heteroatoms. The number of nitrogen functional groups attached to an aromatic ring is 1. The molecule has 0 atom stereocenters. The molecular weight excluding hydrogens is 102 g/mol. The molecule has 3 N–H and O–H groups in total. The number of hydrogen-bond acceptors (Lipinski definition) is 2. The summed E-state index contributed by atoms with van der Waals surface area (Å²) < 4.78 is 0. The quantitative estimate of drug-likeness (QED) is 0.528. The fourth-order valence-electron chi connectivity index (χ4n) is 0.418. The van der Waals surface area contributed by atoms with Crippen LogP contribution in [0.25, 0.3) is 0 Å². The summed E-state index contributed by atoms with van der Waals surface area (Å²) >= 11 is 0. The van der Waals surface area contributed by atoms with Gasteiger partial charge in [-0.25, -0.2) is 4.98 Å². The summed E-state index contributed by atoms with van der Waals surface area (Å²) in [5, 5.41) is 0. The fourth-order valence-corrected chi connectivity index (χ4v) is 0.418. The SMILES string of the molecule is [NH]c1ncccc1N. The van der Waals surface area contributed by atoms with Crippen molar-refractivity contribution in [3.63, 3.8) is 0 Å². The molecule has 0 aliphatic rings. The van der Waals surface area contributed by atoms with Gasteiger partial charge in [-0.05, 0) is 12.1 Å². The second-order valence-electron chi connectivity index (χ2n) is 1.44. The summed E-state index contributed by atoms with van der Waals surface area (Å²) in [7, 11) is 0. The smallest absolute Gasteiger partial charge is 0.167 e. The molecule has 0 spiro atoms. The van der Waals surface area contributed by atoms with Crippen LogP contribution in [0.3, 0.4) is 0 Å². The van der Waals surface area contributed by atoms with E-state index in [1.807, 2.05) is 0 Å². The van der Waals surface area contributed by atoms with Crippen LogP contribution < -0.4 is 11.5 Å². The number of aromatic nitrogens is 1. The predicted molar refractivity (Wildman–Crippen MR) is 31.4 cm³/mol. The number of nitrogens with two attached hydrogens (primary N) is 1. The minimum atomic E-state index is 0.146. The Kier molecular flexibility index (Phi) is 1.04. The summed E-state index contributed by atoms with van der Waals surface area (Å²) in [4.78, 5) is 3.62. The first-order valence-electron chi connectivity index (χ1n) is 2.23. The molecule has 0 fully saturated rings. The molecule has 1 aromatic rings. The number of nitrogens with one attached hydrogen (secondary N) is 1. The van der Waals surface area contributed by atoms with Gasteiger partial charge in [0.25, 0.3) is 0 Å². The fraction of sp³-hybridized carbons (Fsp3) is 0. The van der Waals surface area contributed by atoms with Crippen molar-refractivity contribution in [1.82, 2.24) is 10.7 Å². The Morgan fingerprint density at radius 1 is 1.62 bits per heavy atom. The van der Waals surface area contributed by atoms with Gasteiger partial charge in [0.05, 0.1) is 5.69 Å². The van der Waals surface area contributed by atoms with Crippen LogP contribution in [-0.4, -0.2) is 4.98 Å². The van der Waals surface area contributed by atoms with Gasteiger partial charge in [-0.3, -0.25) is 5.73 Å². The summed E-state index contributed by atoms with van der Waals surface area (Å²) in [6, 6.07) is 3.35. The molecule has 0 unspecified atom stereocenters. The third-order valence-corrected chi connectivity index (χ3v) is 0.839. The highest BCUT2D eigenvalue weighted by Gasteiger charge is 1.88. The van der Waals surface area contributed by atoms with E-state index >= 15 is 0 Å². The van der Waals surface area contributed by atoms with Crippen LogP contribution in [0, 0.1) is 0 Å². The van der Waals surface area contributed by atoms with E-state index in [1.165, 1.54) is 0 Å². The molecule has 1 heterocycles. The van der Waals surface area contributed by atoms with Gasteiger partial charge in [-0.15, -0.1) is 0 Å².